The predicted molar refractivity (Wildman–Crippen MR) is 132 cm³/mol. The molecule has 1 aromatic heterocycles. The second-order valence-corrected chi connectivity index (χ2v) is 11.5. The van der Waals surface area contributed by atoms with Crippen molar-refractivity contribution in [2.75, 3.05) is 12.8 Å². The maximum Gasteiger partial charge on any atom is 0.380 e. The molecular formula is C23H31N2O9PS. The first-order valence-corrected chi connectivity index (χ1v) is 13.5. The number of esters is 1. The molecule has 0 saturated carbocycles. The number of benzene rings is 1. The molecule has 1 fully saturated rings. The SMILES string of the molecule is CC(C)OC(=O)[C@H](C)C[P@](=O)(OC[C@H]1O[C@@H](n2ccc(=O)[nH]c2=S)C(C)(O)[C@H]1O)Oc1ccccc1. The van der Waals surface area contributed by atoms with Gasteiger partial charge in [0.05, 0.1) is 24.8 Å². The van der Waals surface area contributed by atoms with Crippen LogP contribution in [0, 0.1) is 10.7 Å². The minimum atomic E-state index is -3.97. The largest absolute Gasteiger partial charge is 0.463 e. The molecule has 1 aliphatic heterocycles. The number of hydrogen-bond donors (Lipinski definition) is 3. The molecular weight excluding hydrogens is 511 g/mol. The molecule has 198 valence electrons. The summed E-state index contributed by atoms with van der Waals surface area (Å²) in [6.07, 6.45) is -3.08. The zero-order chi connectivity index (χ0) is 26.7. The predicted octanol–water partition coefficient (Wildman–Crippen LogP) is 2.79. The van der Waals surface area contributed by atoms with E-state index in [0.717, 1.165) is 0 Å². The number of para-hydroxylation sites is 1. The number of rotatable bonds is 10. The van der Waals surface area contributed by atoms with Gasteiger partial charge in [-0.15, -0.1) is 0 Å². The Morgan fingerprint density at radius 2 is 1.94 bits per heavy atom. The van der Waals surface area contributed by atoms with E-state index in [4.69, 9.17) is 30.7 Å². The van der Waals surface area contributed by atoms with Gasteiger partial charge in [0.1, 0.15) is 23.6 Å². The highest BCUT2D eigenvalue weighted by Gasteiger charge is 2.53. The molecule has 3 N–H and O–H groups in total. The summed E-state index contributed by atoms with van der Waals surface area (Å²) in [6, 6.07) is 9.52. The van der Waals surface area contributed by atoms with Gasteiger partial charge in [0.25, 0.3) is 5.56 Å². The number of carbonyl (C=O) groups excluding carboxylic acids is 1. The average molecular weight is 543 g/mol. The number of H-pyrrole nitrogens is 1. The molecule has 1 unspecified atom stereocenters. The maximum atomic E-state index is 13.7. The fraction of sp³-hybridized carbons (Fsp3) is 0.522. The standard InChI is InChI=1S/C23H31N2O9PS/c1-14(2)32-20(28)15(3)13-35(30,34-16-8-6-5-7-9-16)31-12-17-19(27)23(4,29)21(33-17)25-11-10-18(26)24-22(25)36/h5-11,14-15,17,19,21,27,29H,12-13H2,1-4H3,(H,24,26,36)/t15-,17-,19+,21-,23?,35+/m1/s1. The molecule has 0 spiro atoms. The number of aromatic nitrogens is 2. The van der Waals surface area contributed by atoms with E-state index in [1.165, 1.54) is 23.8 Å². The third kappa shape index (κ3) is 6.70. The quantitative estimate of drug-likeness (QED) is 0.232. The Kier molecular flexibility index (Phi) is 8.92. The highest BCUT2D eigenvalue weighted by atomic mass is 32.1. The molecule has 2 aromatic rings. The highest BCUT2D eigenvalue weighted by molar-refractivity contribution is 7.71. The smallest absolute Gasteiger partial charge is 0.380 e. The van der Waals surface area contributed by atoms with Crippen molar-refractivity contribution in [3.63, 3.8) is 0 Å². The van der Waals surface area contributed by atoms with Crippen LogP contribution in [0.1, 0.15) is 33.9 Å². The zero-order valence-electron chi connectivity index (χ0n) is 20.4. The van der Waals surface area contributed by atoms with E-state index in [0.29, 0.717) is 0 Å². The zero-order valence-corrected chi connectivity index (χ0v) is 22.1. The van der Waals surface area contributed by atoms with Crippen molar-refractivity contribution in [1.29, 1.82) is 0 Å². The summed E-state index contributed by atoms with van der Waals surface area (Å²) < 4.78 is 37.4. The van der Waals surface area contributed by atoms with E-state index < -0.39 is 55.7 Å². The molecule has 0 bridgehead atoms. The lowest BCUT2D eigenvalue weighted by Gasteiger charge is -2.28. The normalized spacial score (nSPS) is 26.4. The van der Waals surface area contributed by atoms with E-state index in [2.05, 4.69) is 4.98 Å². The second kappa shape index (κ2) is 11.4. The molecule has 0 aliphatic carbocycles. The van der Waals surface area contributed by atoms with Gasteiger partial charge in [0.2, 0.25) is 0 Å². The van der Waals surface area contributed by atoms with Gasteiger partial charge >= 0.3 is 13.6 Å². The van der Waals surface area contributed by atoms with Crippen molar-refractivity contribution in [3.8, 4) is 5.75 Å². The first kappa shape index (κ1) is 28.2. The monoisotopic (exact) mass is 542 g/mol. The molecule has 2 heterocycles. The van der Waals surface area contributed by atoms with Gasteiger partial charge in [0, 0.05) is 12.3 Å². The fourth-order valence-electron chi connectivity index (χ4n) is 3.69. The molecule has 36 heavy (non-hydrogen) atoms. The number of hydrogen-bond acceptors (Lipinski definition) is 10. The fourth-order valence-corrected chi connectivity index (χ4v) is 5.82. The summed E-state index contributed by atoms with van der Waals surface area (Å²) in [5, 5.41) is 21.7. The molecule has 1 aliphatic rings. The molecule has 11 nitrogen and oxygen atoms in total. The second-order valence-electron chi connectivity index (χ2n) is 9.10. The number of nitrogens with zero attached hydrogens (tertiary/aromatic N) is 1. The molecule has 3 rings (SSSR count). The van der Waals surface area contributed by atoms with E-state index in [1.807, 2.05) is 0 Å². The number of aliphatic hydroxyl groups is 2. The van der Waals surface area contributed by atoms with Crippen LogP contribution in [-0.4, -0.2) is 62.4 Å². The molecule has 1 aromatic carbocycles. The topological polar surface area (TPSA) is 149 Å². The van der Waals surface area contributed by atoms with Crippen molar-refractivity contribution in [1.82, 2.24) is 9.55 Å². The molecule has 13 heteroatoms. The van der Waals surface area contributed by atoms with Crippen molar-refractivity contribution < 1.29 is 38.1 Å². The summed E-state index contributed by atoms with van der Waals surface area (Å²) >= 11 is 5.15. The van der Waals surface area contributed by atoms with Gasteiger partial charge in [-0.2, -0.15) is 0 Å². The van der Waals surface area contributed by atoms with Crippen molar-refractivity contribution in [2.24, 2.45) is 5.92 Å². The summed E-state index contributed by atoms with van der Waals surface area (Å²) in [4.78, 5) is 26.3. The Labute approximate surface area is 213 Å². The Morgan fingerprint density at radius 3 is 2.56 bits per heavy atom. The lowest BCUT2D eigenvalue weighted by Crippen LogP contribution is -2.44. The Bertz CT molecular complexity index is 1210. The van der Waals surface area contributed by atoms with Gasteiger partial charge in [-0.25, -0.2) is 4.57 Å². The lowest BCUT2D eigenvalue weighted by molar-refractivity contribution is -0.151. The van der Waals surface area contributed by atoms with E-state index in [1.54, 1.807) is 51.1 Å². The molecule has 0 amide bonds. The van der Waals surface area contributed by atoms with Crippen molar-refractivity contribution in [3.05, 3.63) is 57.7 Å². The Hall–Kier alpha value is -2.34. The van der Waals surface area contributed by atoms with Gasteiger partial charge in [-0.3, -0.25) is 23.7 Å². The van der Waals surface area contributed by atoms with Crippen LogP contribution in [0.15, 0.2) is 47.4 Å². The van der Waals surface area contributed by atoms with Gasteiger partial charge in [0.15, 0.2) is 11.0 Å². The Morgan fingerprint density at radius 1 is 1.28 bits per heavy atom. The average Bonchev–Trinajstić information content (AvgIpc) is 3.01. The van der Waals surface area contributed by atoms with Crippen LogP contribution in [0.2, 0.25) is 0 Å². The van der Waals surface area contributed by atoms with Crippen LogP contribution in [0.5, 0.6) is 5.75 Å². The molecule has 6 atom stereocenters. The third-order valence-electron chi connectivity index (χ3n) is 5.53. The first-order chi connectivity index (χ1) is 16.8. The highest BCUT2D eigenvalue weighted by Crippen LogP contribution is 2.51. The van der Waals surface area contributed by atoms with E-state index in [-0.39, 0.29) is 22.8 Å². The van der Waals surface area contributed by atoms with Gasteiger partial charge in [-0.1, -0.05) is 25.1 Å². The van der Waals surface area contributed by atoms with Crippen LogP contribution in [0.3, 0.4) is 0 Å². The summed E-state index contributed by atoms with van der Waals surface area (Å²) in [6.45, 7) is 5.88. The molecule has 1 saturated heterocycles. The van der Waals surface area contributed by atoms with Crippen molar-refractivity contribution >= 4 is 25.8 Å². The van der Waals surface area contributed by atoms with Crippen LogP contribution in [-0.2, 0) is 23.4 Å². The van der Waals surface area contributed by atoms with E-state index >= 15 is 0 Å². The van der Waals surface area contributed by atoms with Gasteiger partial charge in [-0.05, 0) is 45.1 Å². The number of ether oxygens (including phenoxy) is 2. The van der Waals surface area contributed by atoms with Crippen LogP contribution >= 0.6 is 19.8 Å². The Balaban J connectivity index is 1.80. The van der Waals surface area contributed by atoms with E-state index in [9.17, 15) is 24.4 Å². The summed E-state index contributed by atoms with van der Waals surface area (Å²) in [5.41, 5.74) is -2.26. The lowest BCUT2D eigenvalue weighted by atomic mass is 9.96. The van der Waals surface area contributed by atoms with Crippen LogP contribution in [0.4, 0.5) is 0 Å². The van der Waals surface area contributed by atoms with Crippen LogP contribution in [0.25, 0.3) is 0 Å². The number of carbonyl (C=O) groups is 1. The number of nitrogens with one attached hydrogen (secondary N) is 1. The molecule has 0 radical (unpaired) electrons. The number of aliphatic hydroxyl groups excluding tert-OH is 1. The third-order valence-corrected chi connectivity index (χ3v) is 7.87. The maximum absolute atomic E-state index is 13.7. The summed E-state index contributed by atoms with van der Waals surface area (Å²) in [5.74, 6) is -1.10. The van der Waals surface area contributed by atoms with Gasteiger partial charge < -0.3 is 24.2 Å². The first-order valence-electron chi connectivity index (χ1n) is 11.4. The minimum absolute atomic E-state index is 0.0166. The minimum Gasteiger partial charge on any atom is -0.463 e. The van der Waals surface area contributed by atoms with Crippen LogP contribution < -0.4 is 10.1 Å². The summed E-state index contributed by atoms with van der Waals surface area (Å²) in [7, 11) is -3.97. The van der Waals surface area contributed by atoms with Crippen molar-refractivity contribution in [2.45, 2.75) is 57.8 Å². The number of aromatic amines is 1.